The minimum absolute atomic E-state index is 0. The van der Waals surface area contributed by atoms with Crippen LogP contribution < -0.4 is 0 Å². The van der Waals surface area contributed by atoms with Gasteiger partial charge in [0, 0.05) is 90.2 Å². The molecule has 0 aromatic rings. The van der Waals surface area contributed by atoms with Gasteiger partial charge in [-0.3, -0.25) is 0 Å². The van der Waals surface area contributed by atoms with E-state index in [4.69, 9.17) is 19.7 Å². The molecule has 2 N–H and O–H groups in total. The summed E-state index contributed by atoms with van der Waals surface area (Å²) in [5.74, 6) is -0.0139. The van der Waals surface area contributed by atoms with E-state index in [-0.39, 0.29) is 101 Å². The number of ketones is 2. The van der Waals surface area contributed by atoms with Crippen molar-refractivity contribution in [1.82, 2.24) is 0 Å². The quantitative estimate of drug-likeness (QED) is 0.254. The van der Waals surface area contributed by atoms with Crippen LogP contribution in [0.1, 0.15) is 95.9 Å². The van der Waals surface area contributed by atoms with E-state index in [2.05, 4.69) is 55.4 Å². The zero-order valence-corrected chi connectivity index (χ0v) is 31.4. The van der Waals surface area contributed by atoms with Gasteiger partial charge in [0.25, 0.3) is 0 Å². The van der Waals surface area contributed by atoms with E-state index in [1.807, 2.05) is 41.5 Å². The Kier molecular flexibility index (Phi) is 36.6. The molecule has 0 aliphatic heterocycles. The number of ether oxygens (including phenoxy) is 2. The number of rotatable bonds is 8. The van der Waals surface area contributed by atoms with Crippen LogP contribution >= 0.6 is 0 Å². The van der Waals surface area contributed by atoms with Crippen LogP contribution in [0.5, 0.6) is 0 Å². The van der Waals surface area contributed by atoms with E-state index in [0.29, 0.717) is 24.0 Å². The van der Waals surface area contributed by atoms with Crippen molar-refractivity contribution >= 4 is 11.6 Å². The Bertz CT molecular complexity index is 450. The molecule has 214 valence electrons. The first-order valence-corrected chi connectivity index (χ1v) is 12.1. The fourth-order valence-corrected chi connectivity index (χ4v) is 1.09. The van der Waals surface area contributed by atoms with E-state index in [1.165, 1.54) is 0 Å². The molecule has 0 saturated carbocycles. The maximum atomic E-state index is 10.4. The van der Waals surface area contributed by atoms with Gasteiger partial charge in [0.15, 0.2) is 0 Å². The number of hydrogen-bond acceptors (Lipinski definition) is 6. The van der Waals surface area contributed by atoms with Crippen LogP contribution in [0.25, 0.3) is 0 Å². The van der Waals surface area contributed by atoms with Gasteiger partial charge < -0.3 is 43.1 Å². The van der Waals surface area contributed by atoms with Crippen molar-refractivity contribution in [2.45, 2.75) is 95.9 Å². The molecule has 0 rings (SSSR count). The van der Waals surface area contributed by atoms with Crippen molar-refractivity contribution in [3.63, 3.8) is 0 Å². The Morgan fingerprint density at radius 2 is 0.750 bits per heavy atom. The summed E-state index contributed by atoms with van der Waals surface area (Å²) >= 11 is 0. The van der Waals surface area contributed by atoms with Crippen LogP contribution in [0, 0.1) is 35.5 Å². The Hall–Kier alpha value is 1.13. The molecule has 36 heavy (non-hydrogen) atoms. The smallest absolute Gasteiger partial charge is 0.0697 e. The van der Waals surface area contributed by atoms with Crippen LogP contribution in [0.2, 0.25) is 0 Å². The standard InChI is InChI=1S/2C8H18O2.2C6H11O.2Y/c2*1-8(2,3)4-6-10-7-5-9;2*1-5(7)6(2,3)4;;/h2*9H,4-7H2,1-3H3;2*1H2,2-4H3;;/q;;2*-1;;. The Labute approximate surface area is 275 Å². The number of aliphatic hydroxyl groups is 2. The molecule has 0 bridgehead atoms. The van der Waals surface area contributed by atoms with Crippen molar-refractivity contribution in [1.29, 1.82) is 0 Å². The summed E-state index contributed by atoms with van der Waals surface area (Å²) in [5.41, 5.74) is 0.185. The Morgan fingerprint density at radius 3 is 0.861 bits per heavy atom. The van der Waals surface area contributed by atoms with Gasteiger partial charge in [-0.15, -0.1) is 0 Å². The third-order valence-corrected chi connectivity index (χ3v) is 4.14. The molecule has 0 saturated heterocycles. The third-order valence-electron chi connectivity index (χ3n) is 4.14. The van der Waals surface area contributed by atoms with Gasteiger partial charge in [-0.2, -0.15) is 0 Å². The summed E-state index contributed by atoms with van der Waals surface area (Å²) in [6, 6.07) is 0. The van der Waals surface area contributed by atoms with Gasteiger partial charge in [-0.05, 0) is 34.5 Å². The van der Waals surface area contributed by atoms with E-state index in [9.17, 15) is 9.59 Å². The van der Waals surface area contributed by atoms with Gasteiger partial charge in [-0.1, -0.05) is 83.1 Å². The van der Waals surface area contributed by atoms with Crippen molar-refractivity contribution in [3.8, 4) is 0 Å². The maximum absolute atomic E-state index is 10.4. The molecular weight excluding hydrogens is 610 g/mol. The number of carbonyl (C=O) groups excluding carboxylic acids is 2. The molecule has 0 aromatic heterocycles. The summed E-state index contributed by atoms with van der Waals surface area (Å²) < 4.78 is 10.2. The normalized spacial score (nSPS) is 11.1. The van der Waals surface area contributed by atoms with Crippen LogP contribution in [-0.2, 0) is 84.5 Å². The van der Waals surface area contributed by atoms with Crippen molar-refractivity contribution in [3.05, 3.63) is 13.8 Å². The molecule has 8 heteroatoms. The van der Waals surface area contributed by atoms with Crippen molar-refractivity contribution < 1.29 is 94.7 Å². The number of Topliss-reactive ketones (excluding diaryl/α,β-unsaturated/α-hetero) is 2. The van der Waals surface area contributed by atoms with E-state index in [1.54, 1.807) is 0 Å². The number of aliphatic hydroxyl groups excluding tert-OH is 2. The molecule has 0 aliphatic rings. The maximum Gasteiger partial charge on any atom is 0.0697 e. The Balaban J connectivity index is -0.0000000830. The van der Waals surface area contributed by atoms with Gasteiger partial charge in [0.05, 0.1) is 26.4 Å². The first-order chi connectivity index (χ1) is 15.0. The Morgan fingerprint density at radius 1 is 0.556 bits per heavy atom. The predicted octanol–water partition coefficient (Wildman–Crippen LogP) is 5.73. The summed E-state index contributed by atoms with van der Waals surface area (Å²) in [6.07, 6.45) is 2.10. The number of carbonyl (C=O) groups is 2. The van der Waals surface area contributed by atoms with Gasteiger partial charge in [-0.25, -0.2) is 0 Å². The molecule has 0 heterocycles. The second-order valence-electron chi connectivity index (χ2n) is 12.6. The molecule has 0 unspecified atom stereocenters. The summed E-state index contributed by atoms with van der Waals surface area (Å²) in [5, 5.41) is 16.7. The first-order valence-electron chi connectivity index (χ1n) is 12.1. The zero-order valence-electron chi connectivity index (χ0n) is 25.8. The average Bonchev–Trinajstić information content (AvgIpc) is 2.61. The van der Waals surface area contributed by atoms with Crippen LogP contribution in [0.3, 0.4) is 0 Å². The second-order valence-corrected chi connectivity index (χ2v) is 12.6. The van der Waals surface area contributed by atoms with Crippen molar-refractivity contribution in [2.24, 2.45) is 21.7 Å². The van der Waals surface area contributed by atoms with Crippen LogP contribution in [0.15, 0.2) is 0 Å². The topological polar surface area (TPSA) is 93.1 Å². The third kappa shape index (κ3) is 55.6. The molecular formula is C28H58O6Y2-2. The van der Waals surface area contributed by atoms with Gasteiger partial charge in [0.1, 0.15) is 0 Å². The van der Waals surface area contributed by atoms with E-state index >= 15 is 0 Å². The summed E-state index contributed by atoms with van der Waals surface area (Å²) in [4.78, 5) is 20.7. The molecule has 2 radical (unpaired) electrons. The molecule has 0 amide bonds. The minimum atomic E-state index is -0.250. The molecule has 6 nitrogen and oxygen atoms in total. The van der Waals surface area contributed by atoms with Crippen molar-refractivity contribution in [2.75, 3.05) is 39.6 Å². The fraction of sp³-hybridized carbons (Fsp3) is 0.857. The van der Waals surface area contributed by atoms with Gasteiger partial charge in [0.2, 0.25) is 0 Å². The monoisotopic (exact) mass is 668 g/mol. The largest absolute Gasteiger partial charge is 0.394 e. The van der Waals surface area contributed by atoms with Gasteiger partial charge >= 0.3 is 0 Å². The molecule has 0 aromatic carbocycles. The molecule has 0 fully saturated rings. The molecule has 0 atom stereocenters. The predicted molar refractivity (Wildman–Crippen MR) is 144 cm³/mol. The molecule has 0 aliphatic carbocycles. The SMILES string of the molecule is CC(C)(C)CCOCCO.CC(C)(C)CCOCCO.[CH2-]C(=O)C(C)(C)C.[CH2-]C(=O)C(C)(C)C.[Y].[Y]. The summed E-state index contributed by atoms with van der Waals surface area (Å²) in [7, 11) is 0. The average molecular weight is 669 g/mol. The summed E-state index contributed by atoms with van der Waals surface area (Å²) in [6.45, 7) is 33.4. The van der Waals surface area contributed by atoms with E-state index < -0.39 is 0 Å². The van der Waals surface area contributed by atoms with Crippen LogP contribution in [0.4, 0.5) is 0 Å². The minimum Gasteiger partial charge on any atom is -0.394 e. The molecule has 0 spiro atoms. The first kappa shape index (κ1) is 50.0. The number of hydrogen-bond donors (Lipinski definition) is 2. The van der Waals surface area contributed by atoms with E-state index in [0.717, 1.165) is 26.1 Å². The second kappa shape index (κ2) is 26.4. The zero-order chi connectivity index (χ0) is 28.2. The fourth-order valence-electron chi connectivity index (χ4n) is 1.09. The van der Waals surface area contributed by atoms with Crippen LogP contribution in [-0.4, -0.2) is 61.4 Å².